The van der Waals surface area contributed by atoms with E-state index < -0.39 is 0 Å². The summed E-state index contributed by atoms with van der Waals surface area (Å²) in [4.78, 5) is 11.1. The molecule has 0 amide bonds. The summed E-state index contributed by atoms with van der Waals surface area (Å²) < 4.78 is 15.4. The van der Waals surface area contributed by atoms with Crippen LogP contribution in [0.4, 0.5) is 0 Å². The average Bonchev–Trinajstić information content (AvgIpc) is 2.45. The summed E-state index contributed by atoms with van der Waals surface area (Å²) in [6.45, 7) is 2.32. The molecule has 0 aromatic heterocycles. The zero-order valence-corrected chi connectivity index (χ0v) is 11.9. The summed E-state index contributed by atoms with van der Waals surface area (Å²) in [5, 5.41) is 3.16. The minimum Gasteiger partial charge on any atom is -0.497 e. The molecule has 5 nitrogen and oxygen atoms in total. The Hall–Kier alpha value is -1.75. The summed E-state index contributed by atoms with van der Waals surface area (Å²) in [6.07, 6.45) is 0.223. The van der Waals surface area contributed by atoms with Gasteiger partial charge in [-0.25, -0.2) is 0 Å². The van der Waals surface area contributed by atoms with Gasteiger partial charge in [-0.2, -0.15) is 0 Å². The van der Waals surface area contributed by atoms with Gasteiger partial charge in [0, 0.05) is 17.7 Å². The molecule has 0 saturated carbocycles. The van der Waals surface area contributed by atoms with Gasteiger partial charge in [0.15, 0.2) is 0 Å². The van der Waals surface area contributed by atoms with Gasteiger partial charge in [-0.05, 0) is 20.0 Å². The van der Waals surface area contributed by atoms with Gasteiger partial charge < -0.3 is 19.5 Å². The van der Waals surface area contributed by atoms with E-state index in [-0.39, 0.29) is 25.0 Å². The number of hydrogen-bond acceptors (Lipinski definition) is 5. The molecule has 19 heavy (non-hydrogen) atoms. The van der Waals surface area contributed by atoms with E-state index in [0.29, 0.717) is 5.75 Å². The van der Waals surface area contributed by atoms with Gasteiger partial charge in [0.05, 0.1) is 27.2 Å². The van der Waals surface area contributed by atoms with Crippen LogP contribution in [0, 0.1) is 0 Å². The molecule has 0 aliphatic heterocycles. The van der Waals surface area contributed by atoms with Crippen LogP contribution in [0.5, 0.6) is 11.5 Å². The fraction of sp³-hybridized carbons (Fsp3) is 0.500. The van der Waals surface area contributed by atoms with Crippen molar-refractivity contribution in [3.05, 3.63) is 23.8 Å². The molecule has 0 aliphatic carbocycles. The van der Waals surface area contributed by atoms with Crippen molar-refractivity contribution < 1.29 is 19.0 Å². The number of carbonyl (C=O) groups is 1. The summed E-state index contributed by atoms with van der Waals surface area (Å²) in [5.41, 5.74) is 1.02. The molecular formula is C14H21NO4. The van der Waals surface area contributed by atoms with Gasteiger partial charge in [-0.15, -0.1) is 0 Å². The second-order valence-electron chi connectivity index (χ2n) is 4.09. The Morgan fingerprint density at radius 1 is 1.37 bits per heavy atom. The molecule has 1 aromatic rings. The molecule has 0 heterocycles. The van der Waals surface area contributed by atoms with Crippen LogP contribution in [-0.4, -0.2) is 33.8 Å². The Morgan fingerprint density at radius 2 is 2.11 bits per heavy atom. The van der Waals surface area contributed by atoms with E-state index in [9.17, 15) is 4.79 Å². The Balaban J connectivity index is 2.79. The smallest absolute Gasteiger partial charge is 0.308 e. The number of carbonyl (C=O) groups excluding carboxylic acids is 1. The standard InChI is InChI=1S/C14H21NO4/c1-10(15-2)12-6-5-11(17-3)9-13(12)19-8-7-14(16)18-4/h5-6,9-10,15H,7-8H2,1-4H3. The lowest BCUT2D eigenvalue weighted by molar-refractivity contribution is -0.141. The average molecular weight is 267 g/mol. The van der Waals surface area contributed by atoms with Crippen LogP contribution in [-0.2, 0) is 9.53 Å². The molecule has 0 radical (unpaired) electrons. The summed E-state index contributed by atoms with van der Waals surface area (Å²) in [5.74, 6) is 1.15. The predicted molar refractivity (Wildman–Crippen MR) is 72.6 cm³/mol. The van der Waals surface area contributed by atoms with Crippen molar-refractivity contribution >= 4 is 5.97 Å². The molecule has 1 rings (SSSR count). The van der Waals surface area contributed by atoms with E-state index in [0.717, 1.165) is 11.3 Å². The molecule has 0 aliphatic rings. The summed E-state index contributed by atoms with van der Waals surface area (Å²) in [6, 6.07) is 5.81. The molecule has 1 N–H and O–H groups in total. The number of benzene rings is 1. The van der Waals surface area contributed by atoms with Crippen molar-refractivity contribution in [2.75, 3.05) is 27.9 Å². The highest BCUT2D eigenvalue weighted by atomic mass is 16.5. The third-order valence-corrected chi connectivity index (χ3v) is 2.91. The topological polar surface area (TPSA) is 56.8 Å². The van der Waals surface area contributed by atoms with E-state index in [1.54, 1.807) is 7.11 Å². The lowest BCUT2D eigenvalue weighted by Gasteiger charge is -2.17. The second-order valence-corrected chi connectivity index (χ2v) is 4.09. The van der Waals surface area contributed by atoms with E-state index >= 15 is 0 Å². The predicted octanol–water partition coefficient (Wildman–Crippen LogP) is 1.92. The molecule has 106 valence electrons. The molecule has 0 spiro atoms. The second kappa shape index (κ2) is 7.63. The monoisotopic (exact) mass is 267 g/mol. The normalized spacial score (nSPS) is 11.8. The Labute approximate surface area is 113 Å². The van der Waals surface area contributed by atoms with Crippen LogP contribution in [0.25, 0.3) is 0 Å². The van der Waals surface area contributed by atoms with Crippen LogP contribution < -0.4 is 14.8 Å². The van der Waals surface area contributed by atoms with Crippen LogP contribution >= 0.6 is 0 Å². The van der Waals surface area contributed by atoms with Crippen molar-refractivity contribution in [3.8, 4) is 11.5 Å². The fourth-order valence-electron chi connectivity index (χ4n) is 1.63. The number of rotatable bonds is 7. The van der Waals surface area contributed by atoms with Crippen LogP contribution in [0.2, 0.25) is 0 Å². The first-order chi connectivity index (χ1) is 9.12. The summed E-state index contributed by atoms with van der Waals surface area (Å²) >= 11 is 0. The highest BCUT2D eigenvalue weighted by molar-refractivity contribution is 5.69. The maximum atomic E-state index is 11.1. The molecule has 1 aromatic carbocycles. The highest BCUT2D eigenvalue weighted by Gasteiger charge is 2.12. The van der Waals surface area contributed by atoms with Crippen molar-refractivity contribution in [1.29, 1.82) is 0 Å². The molecule has 1 atom stereocenters. The molecule has 0 bridgehead atoms. The van der Waals surface area contributed by atoms with E-state index in [4.69, 9.17) is 9.47 Å². The van der Waals surface area contributed by atoms with Gasteiger partial charge in [-0.1, -0.05) is 6.07 Å². The first-order valence-corrected chi connectivity index (χ1v) is 6.17. The SMILES string of the molecule is CNC(C)c1ccc(OC)cc1OCCC(=O)OC. The van der Waals surface area contributed by atoms with Crippen molar-refractivity contribution in [2.45, 2.75) is 19.4 Å². The quantitative estimate of drug-likeness (QED) is 0.765. The zero-order valence-electron chi connectivity index (χ0n) is 11.9. The minimum absolute atomic E-state index is 0.152. The van der Waals surface area contributed by atoms with Crippen molar-refractivity contribution in [2.24, 2.45) is 0 Å². The first-order valence-electron chi connectivity index (χ1n) is 6.17. The lowest BCUT2D eigenvalue weighted by Crippen LogP contribution is -2.15. The Kier molecular flexibility index (Phi) is 6.15. The Bertz CT molecular complexity index is 420. The number of esters is 1. The molecular weight excluding hydrogens is 246 g/mol. The van der Waals surface area contributed by atoms with Gasteiger partial charge in [0.1, 0.15) is 11.5 Å². The van der Waals surface area contributed by atoms with Gasteiger partial charge >= 0.3 is 5.97 Å². The van der Waals surface area contributed by atoms with Crippen LogP contribution in [0.3, 0.4) is 0 Å². The molecule has 0 fully saturated rings. The molecule has 5 heteroatoms. The number of methoxy groups -OCH3 is 2. The van der Waals surface area contributed by atoms with Gasteiger partial charge in [0.25, 0.3) is 0 Å². The fourth-order valence-corrected chi connectivity index (χ4v) is 1.63. The minimum atomic E-state index is -0.286. The van der Waals surface area contributed by atoms with Gasteiger partial charge in [0.2, 0.25) is 0 Å². The van der Waals surface area contributed by atoms with E-state index in [1.807, 2.05) is 32.2 Å². The van der Waals surface area contributed by atoms with Crippen LogP contribution in [0.15, 0.2) is 18.2 Å². The number of hydrogen-bond donors (Lipinski definition) is 1. The zero-order chi connectivity index (χ0) is 14.3. The molecule has 0 saturated heterocycles. The largest absolute Gasteiger partial charge is 0.497 e. The van der Waals surface area contributed by atoms with E-state index in [2.05, 4.69) is 10.1 Å². The first kappa shape index (κ1) is 15.3. The number of nitrogens with one attached hydrogen (secondary N) is 1. The van der Waals surface area contributed by atoms with E-state index in [1.165, 1.54) is 7.11 Å². The third kappa shape index (κ3) is 4.44. The highest BCUT2D eigenvalue weighted by Crippen LogP contribution is 2.29. The van der Waals surface area contributed by atoms with Crippen molar-refractivity contribution in [1.82, 2.24) is 5.32 Å². The maximum Gasteiger partial charge on any atom is 0.308 e. The maximum absolute atomic E-state index is 11.1. The summed E-state index contributed by atoms with van der Waals surface area (Å²) in [7, 11) is 4.85. The van der Waals surface area contributed by atoms with Crippen LogP contribution in [0.1, 0.15) is 24.9 Å². The van der Waals surface area contributed by atoms with Gasteiger partial charge in [-0.3, -0.25) is 4.79 Å². The lowest BCUT2D eigenvalue weighted by atomic mass is 10.1. The third-order valence-electron chi connectivity index (χ3n) is 2.91. The number of ether oxygens (including phenoxy) is 3. The van der Waals surface area contributed by atoms with Crippen molar-refractivity contribution in [3.63, 3.8) is 0 Å². The molecule has 1 unspecified atom stereocenters. The Morgan fingerprint density at radius 3 is 2.68 bits per heavy atom.